The maximum atomic E-state index is 10.3. The first-order chi connectivity index (χ1) is 5.36. The van der Waals surface area contributed by atoms with Crippen LogP contribution in [-0.2, 0) is 4.74 Å². The van der Waals surface area contributed by atoms with E-state index in [0.29, 0.717) is 0 Å². The number of aliphatic hydroxyl groups excluding tert-OH is 1. The Hall–Kier alpha value is -0.320. The Labute approximate surface area is 75.1 Å². The fraction of sp³-hybridized carbons (Fsp3) is 0.857. The maximum absolute atomic E-state index is 10.3. The van der Waals surface area contributed by atoms with Gasteiger partial charge in [0.2, 0.25) is 0 Å². The molecule has 0 aromatic carbocycles. The average Bonchev–Trinajstić information content (AvgIpc) is 2.35. The van der Waals surface area contributed by atoms with Gasteiger partial charge in [-0.1, -0.05) is 13.8 Å². The highest BCUT2D eigenvalue weighted by Crippen LogP contribution is 2.57. The van der Waals surface area contributed by atoms with Crippen LogP contribution in [0.1, 0.15) is 13.8 Å². The van der Waals surface area contributed by atoms with Gasteiger partial charge < -0.3 is 14.9 Å². The van der Waals surface area contributed by atoms with E-state index in [4.69, 9.17) is 16.7 Å². The van der Waals surface area contributed by atoms with Crippen molar-refractivity contribution in [2.45, 2.75) is 25.6 Å². The molecule has 0 heterocycles. The molecule has 4 nitrogen and oxygen atoms in total. The number of carbonyl (C=O) groups is 1. The highest BCUT2D eigenvalue weighted by atomic mass is 35.5. The summed E-state index contributed by atoms with van der Waals surface area (Å²) in [6, 6.07) is 0. The fourth-order valence-electron chi connectivity index (χ4n) is 1.40. The van der Waals surface area contributed by atoms with E-state index in [1.165, 1.54) is 0 Å². The summed E-state index contributed by atoms with van der Waals surface area (Å²) in [4.78, 5) is 10.3. The van der Waals surface area contributed by atoms with Crippen LogP contribution in [0.4, 0.5) is 4.79 Å². The first-order valence-corrected chi connectivity index (χ1v) is 3.93. The van der Waals surface area contributed by atoms with E-state index in [-0.39, 0.29) is 0 Å². The Balaban J connectivity index is 2.66. The molecule has 1 rings (SSSR count). The van der Waals surface area contributed by atoms with Crippen molar-refractivity contribution in [2.24, 2.45) is 5.41 Å². The number of hydrogen-bond donors (Lipinski definition) is 2. The van der Waals surface area contributed by atoms with Gasteiger partial charge in [-0.2, -0.15) is 0 Å². The summed E-state index contributed by atoms with van der Waals surface area (Å²) < 4.78 is 4.60. The molecular formula is C7H11ClO4. The monoisotopic (exact) mass is 194 g/mol. The van der Waals surface area contributed by atoms with E-state index < -0.39 is 29.2 Å². The molecule has 0 spiro atoms. The molecule has 2 unspecified atom stereocenters. The third-order valence-electron chi connectivity index (χ3n) is 2.57. The molecule has 1 aliphatic carbocycles. The molecule has 0 aromatic heterocycles. The van der Waals surface area contributed by atoms with Crippen LogP contribution in [0.15, 0.2) is 0 Å². The van der Waals surface area contributed by atoms with Crippen molar-refractivity contribution in [3.8, 4) is 0 Å². The zero-order valence-electron chi connectivity index (χ0n) is 6.87. The minimum atomic E-state index is -1.34. The predicted molar refractivity (Wildman–Crippen MR) is 41.9 cm³/mol. The summed E-state index contributed by atoms with van der Waals surface area (Å²) in [7, 11) is 0. The molecule has 5 heteroatoms. The van der Waals surface area contributed by atoms with Gasteiger partial charge in [0, 0.05) is 17.0 Å². The highest BCUT2D eigenvalue weighted by molar-refractivity contribution is 6.61. The lowest BCUT2D eigenvalue weighted by Crippen LogP contribution is -2.23. The third-order valence-corrected chi connectivity index (χ3v) is 2.66. The first-order valence-electron chi connectivity index (χ1n) is 3.55. The molecule has 0 saturated heterocycles. The molecule has 70 valence electrons. The summed E-state index contributed by atoms with van der Waals surface area (Å²) in [5.74, 6) is 0. The molecule has 0 aromatic rings. The van der Waals surface area contributed by atoms with Gasteiger partial charge in [0.25, 0.3) is 0 Å². The second-order valence-corrected chi connectivity index (χ2v) is 3.85. The average molecular weight is 195 g/mol. The minimum Gasteiger partial charge on any atom is -0.446 e. The Bertz CT molecular complexity index is 215. The van der Waals surface area contributed by atoms with E-state index in [0.717, 1.165) is 0 Å². The number of aliphatic hydroxyl groups is 2. The van der Waals surface area contributed by atoms with Gasteiger partial charge in [0.05, 0.1) is 6.61 Å². The van der Waals surface area contributed by atoms with Gasteiger partial charge in [-0.25, -0.2) is 4.79 Å². The van der Waals surface area contributed by atoms with Gasteiger partial charge in [-0.3, -0.25) is 0 Å². The van der Waals surface area contributed by atoms with Crippen LogP contribution < -0.4 is 0 Å². The van der Waals surface area contributed by atoms with Crippen LogP contribution in [0.3, 0.4) is 0 Å². The summed E-state index contributed by atoms with van der Waals surface area (Å²) in [5.41, 5.74) is -2.92. The zero-order valence-corrected chi connectivity index (χ0v) is 7.63. The fourth-order valence-corrected chi connectivity index (χ4v) is 1.49. The number of halogens is 1. The highest BCUT2D eigenvalue weighted by Gasteiger charge is 2.73. The maximum Gasteiger partial charge on any atom is 0.404 e. The minimum absolute atomic E-state index is 0.436. The van der Waals surface area contributed by atoms with Crippen LogP contribution in [0.25, 0.3) is 0 Å². The first kappa shape index (κ1) is 9.77. The lowest BCUT2D eigenvalue weighted by Gasteiger charge is -2.05. The van der Waals surface area contributed by atoms with E-state index >= 15 is 0 Å². The second kappa shape index (κ2) is 2.58. The number of ether oxygens (including phenoxy) is 1. The molecule has 12 heavy (non-hydrogen) atoms. The molecule has 1 aliphatic rings. The van der Waals surface area contributed by atoms with Gasteiger partial charge in [-0.05, 0) is 0 Å². The lowest BCUT2D eigenvalue weighted by molar-refractivity contribution is 0.0195. The molecule has 0 radical (unpaired) electrons. The van der Waals surface area contributed by atoms with Gasteiger partial charge in [0.1, 0.15) is 11.7 Å². The smallest absolute Gasteiger partial charge is 0.404 e. The van der Waals surface area contributed by atoms with Crippen molar-refractivity contribution < 1.29 is 19.7 Å². The van der Waals surface area contributed by atoms with Crippen LogP contribution in [0, 0.1) is 5.41 Å². The van der Waals surface area contributed by atoms with Crippen LogP contribution in [0.5, 0.6) is 0 Å². The van der Waals surface area contributed by atoms with E-state index in [2.05, 4.69) is 4.74 Å². The number of hydrogen-bond acceptors (Lipinski definition) is 4. The van der Waals surface area contributed by atoms with Crippen molar-refractivity contribution in [2.75, 3.05) is 6.61 Å². The number of carbonyl (C=O) groups excluding carboxylic acids is 1. The summed E-state index contributed by atoms with van der Waals surface area (Å²) in [6.45, 7) is 2.94. The standard InChI is InChI=1S/C7H11ClO4/c1-6(2)4(12-5(8)10)7(6,11)3-9/h4,9,11H,3H2,1-2H3. The van der Waals surface area contributed by atoms with E-state index in [1.54, 1.807) is 13.8 Å². The van der Waals surface area contributed by atoms with Crippen molar-refractivity contribution in [3.63, 3.8) is 0 Å². The van der Waals surface area contributed by atoms with Crippen LogP contribution in [-0.4, -0.2) is 34.0 Å². The lowest BCUT2D eigenvalue weighted by atomic mass is 10.1. The van der Waals surface area contributed by atoms with Crippen molar-refractivity contribution in [3.05, 3.63) is 0 Å². The molecule has 0 aliphatic heterocycles. The van der Waals surface area contributed by atoms with Crippen LogP contribution >= 0.6 is 11.6 Å². The molecule has 0 bridgehead atoms. The Kier molecular flexibility index (Phi) is 2.10. The van der Waals surface area contributed by atoms with Gasteiger partial charge in [-0.15, -0.1) is 0 Å². The Morgan fingerprint density at radius 2 is 2.17 bits per heavy atom. The van der Waals surface area contributed by atoms with Crippen LogP contribution in [0.2, 0.25) is 0 Å². The van der Waals surface area contributed by atoms with E-state index in [1.807, 2.05) is 0 Å². The molecular weight excluding hydrogens is 184 g/mol. The third kappa shape index (κ3) is 1.11. The zero-order chi connectivity index (χ0) is 9.57. The molecule has 1 fully saturated rings. The quantitative estimate of drug-likeness (QED) is 0.628. The van der Waals surface area contributed by atoms with Crippen molar-refractivity contribution in [1.82, 2.24) is 0 Å². The number of rotatable bonds is 2. The van der Waals surface area contributed by atoms with Gasteiger partial charge in [0.15, 0.2) is 0 Å². The summed E-state index contributed by atoms with van der Waals surface area (Å²) in [6.07, 6.45) is -0.708. The van der Waals surface area contributed by atoms with Gasteiger partial charge >= 0.3 is 5.43 Å². The summed E-state index contributed by atoms with van der Waals surface area (Å²) in [5, 5.41) is 18.4. The molecule has 1 saturated carbocycles. The predicted octanol–water partition coefficient (Wildman–Crippen LogP) is 0.494. The Morgan fingerprint density at radius 3 is 2.42 bits per heavy atom. The van der Waals surface area contributed by atoms with E-state index in [9.17, 15) is 9.90 Å². The van der Waals surface area contributed by atoms with Crippen molar-refractivity contribution in [1.29, 1.82) is 0 Å². The topological polar surface area (TPSA) is 66.8 Å². The second-order valence-electron chi connectivity index (χ2n) is 3.54. The van der Waals surface area contributed by atoms with Crippen molar-refractivity contribution >= 4 is 17.0 Å². The largest absolute Gasteiger partial charge is 0.446 e. The molecule has 2 atom stereocenters. The Morgan fingerprint density at radius 1 is 1.67 bits per heavy atom. The summed E-state index contributed by atoms with van der Waals surface area (Å²) >= 11 is 4.97. The normalized spacial score (nSPS) is 37.6. The molecule has 2 N–H and O–H groups in total. The molecule has 0 amide bonds. The SMILES string of the molecule is CC1(C)C(OC(=O)Cl)C1(O)CO.